The number of hydrogen-bond donors (Lipinski definition) is 1. The largest absolute Gasteiger partial charge is 0.378 e. The first-order chi connectivity index (χ1) is 8.56. The summed E-state index contributed by atoms with van der Waals surface area (Å²) in [4.78, 5) is 5.88. The van der Waals surface area contributed by atoms with Crippen LogP contribution in [0.2, 0.25) is 0 Å². The van der Waals surface area contributed by atoms with Crippen LogP contribution in [-0.2, 0) is 9.47 Å². The molecule has 1 saturated heterocycles. The van der Waals surface area contributed by atoms with Crippen LogP contribution in [0.4, 0.5) is 0 Å². The third kappa shape index (κ3) is 2.91. The zero-order valence-corrected chi connectivity index (χ0v) is 12.4. The number of hydrogen-bond acceptors (Lipinski definition) is 5. The Morgan fingerprint density at radius 2 is 2.33 bits per heavy atom. The average Bonchev–Trinajstić information content (AvgIpc) is 2.94. The van der Waals surface area contributed by atoms with E-state index in [0.717, 1.165) is 30.3 Å². The van der Waals surface area contributed by atoms with E-state index in [-0.39, 0.29) is 11.6 Å². The molecule has 0 amide bonds. The van der Waals surface area contributed by atoms with E-state index in [4.69, 9.17) is 9.47 Å². The van der Waals surface area contributed by atoms with Gasteiger partial charge in [-0.25, -0.2) is 4.98 Å². The van der Waals surface area contributed by atoms with Crippen LogP contribution < -0.4 is 5.32 Å². The molecule has 2 atom stereocenters. The second-order valence-corrected chi connectivity index (χ2v) is 6.37. The minimum atomic E-state index is -0.159. The predicted octanol–water partition coefficient (Wildman–Crippen LogP) is 2.22. The molecule has 0 spiro atoms. The molecule has 1 N–H and O–H groups in total. The van der Waals surface area contributed by atoms with Gasteiger partial charge in [0.25, 0.3) is 0 Å². The van der Waals surface area contributed by atoms with E-state index in [1.807, 2.05) is 0 Å². The number of ether oxygens (including phenoxy) is 2. The smallest absolute Gasteiger partial charge is 0.106 e. The van der Waals surface area contributed by atoms with Crippen LogP contribution in [0.15, 0.2) is 0 Å². The third-order valence-corrected chi connectivity index (χ3v) is 4.48. The van der Waals surface area contributed by atoms with Gasteiger partial charge < -0.3 is 14.8 Å². The van der Waals surface area contributed by atoms with Gasteiger partial charge in [0, 0.05) is 37.6 Å². The van der Waals surface area contributed by atoms with Crippen LogP contribution in [0.3, 0.4) is 0 Å². The molecule has 0 radical (unpaired) electrons. The maximum Gasteiger partial charge on any atom is 0.106 e. The van der Waals surface area contributed by atoms with E-state index in [1.165, 1.54) is 4.88 Å². The molecule has 0 saturated carbocycles. The van der Waals surface area contributed by atoms with Gasteiger partial charge in [-0.2, -0.15) is 0 Å². The molecule has 1 aliphatic rings. The molecule has 0 bridgehead atoms. The Bertz CT molecular complexity index is 400. The molecular weight excluding hydrogens is 248 g/mol. The summed E-state index contributed by atoms with van der Waals surface area (Å²) in [5.74, 6) is 0. The quantitative estimate of drug-likeness (QED) is 0.891. The Labute approximate surface area is 113 Å². The van der Waals surface area contributed by atoms with Crippen molar-refractivity contribution in [1.82, 2.24) is 10.3 Å². The number of nitrogens with zero attached hydrogens (tertiary/aromatic N) is 1. The van der Waals surface area contributed by atoms with E-state index in [1.54, 1.807) is 18.4 Å². The fourth-order valence-electron chi connectivity index (χ4n) is 2.34. The molecular formula is C13H22N2O2S. The number of aryl methyl sites for hydroxylation is 2. The number of nitrogens with one attached hydrogen (secondary N) is 1. The third-order valence-electron chi connectivity index (χ3n) is 3.58. The fourth-order valence-corrected chi connectivity index (χ4v) is 3.26. The molecule has 18 heavy (non-hydrogen) atoms. The summed E-state index contributed by atoms with van der Waals surface area (Å²) in [5, 5.41) is 4.65. The Morgan fingerprint density at radius 3 is 2.83 bits per heavy atom. The van der Waals surface area contributed by atoms with Gasteiger partial charge in [-0.15, -0.1) is 11.3 Å². The minimum Gasteiger partial charge on any atom is -0.378 e. The normalized spacial score (nSPS) is 25.6. The summed E-state index contributed by atoms with van der Waals surface area (Å²) in [7, 11) is 1.76. The van der Waals surface area contributed by atoms with E-state index >= 15 is 0 Å². The van der Waals surface area contributed by atoms with Gasteiger partial charge in [-0.1, -0.05) is 0 Å². The fraction of sp³-hybridized carbons (Fsp3) is 0.769. The summed E-state index contributed by atoms with van der Waals surface area (Å²) < 4.78 is 11.1. The molecule has 1 aromatic rings. The van der Waals surface area contributed by atoms with Gasteiger partial charge in [-0.3, -0.25) is 0 Å². The first-order valence-electron chi connectivity index (χ1n) is 6.36. The van der Waals surface area contributed by atoms with Gasteiger partial charge in [0.15, 0.2) is 0 Å². The van der Waals surface area contributed by atoms with Crippen LogP contribution in [0.5, 0.6) is 0 Å². The first kappa shape index (κ1) is 13.9. The molecule has 2 unspecified atom stereocenters. The van der Waals surface area contributed by atoms with Crippen LogP contribution in [0.25, 0.3) is 0 Å². The standard InChI is InChI=1S/C13H22N2O2S/c1-9(12-10(2)18-11(3)15-12)14-7-13(16-4)5-6-17-8-13/h9,14H,5-8H2,1-4H3. The van der Waals surface area contributed by atoms with Crippen LogP contribution in [0, 0.1) is 13.8 Å². The number of rotatable bonds is 5. The van der Waals surface area contributed by atoms with Gasteiger partial charge in [0.2, 0.25) is 0 Å². The molecule has 2 rings (SSSR count). The average molecular weight is 270 g/mol. The summed E-state index contributed by atoms with van der Waals surface area (Å²) >= 11 is 1.75. The highest BCUT2D eigenvalue weighted by Gasteiger charge is 2.35. The summed E-state index contributed by atoms with van der Waals surface area (Å²) in [6.07, 6.45) is 0.957. The first-order valence-corrected chi connectivity index (χ1v) is 7.18. The van der Waals surface area contributed by atoms with Crippen molar-refractivity contribution in [3.05, 3.63) is 15.6 Å². The lowest BCUT2D eigenvalue weighted by Gasteiger charge is -2.27. The molecule has 5 heteroatoms. The Morgan fingerprint density at radius 1 is 1.56 bits per heavy atom. The van der Waals surface area contributed by atoms with Gasteiger partial charge in [-0.05, 0) is 20.8 Å². The van der Waals surface area contributed by atoms with E-state index in [0.29, 0.717) is 6.61 Å². The van der Waals surface area contributed by atoms with Crippen molar-refractivity contribution in [2.45, 2.75) is 38.8 Å². The van der Waals surface area contributed by atoms with Crippen molar-refractivity contribution in [1.29, 1.82) is 0 Å². The highest BCUT2D eigenvalue weighted by molar-refractivity contribution is 7.11. The van der Waals surface area contributed by atoms with Gasteiger partial charge in [0.1, 0.15) is 5.60 Å². The predicted molar refractivity (Wildman–Crippen MR) is 73.2 cm³/mol. The van der Waals surface area contributed by atoms with Crippen LogP contribution in [-0.4, -0.2) is 37.5 Å². The summed E-state index contributed by atoms with van der Waals surface area (Å²) in [6.45, 7) is 8.61. The van der Waals surface area contributed by atoms with Gasteiger partial charge >= 0.3 is 0 Å². The molecule has 0 aliphatic carbocycles. The lowest BCUT2D eigenvalue weighted by Crippen LogP contribution is -2.43. The van der Waals surface area contributed by atoms with Crippen LogP contribution >= 0.6 is 11.3 Å². The van der Waals surface area contributed by atoms with Crippen molar-refractivity contribution in [3.8, 4) is 0 Å². The highest BCUT2D eigenvalue weighted by atomic mass is 32.1. The Hall–Kier alpha value is -0.490. The maximum atomic E-state index is 5.62. The lowest BCUT2D eigenvalue weighted by molar-refractivity contribution is -0.0172. The Kier molecular flexibility index (Phi) is 4.37. The van der Waals surface area contributed by atoms with E-state index < -0.39 is 0 Å². The molecule has 1 fully saturated rings. The van der Waals surface area contributed by atoms with E-state index in [9.17, 15) is 0 Å². The molecule has 102 valence electrons. The SMILES string of the molecule is COC1(CNC(C)c2nc(C)sc2C)CCOC1. The molecule has 0 aromatic carbocycles. The lowest BCUT2D eigenvalue weighted by atomic mass is 10.0. The number of thiazole rings is 1. The molecule has 1 aliphatic heterocycles. The highest BCUT2D eigenvalue weighted by Crippen LogP contribution is 2.25. The van der Waals surface area contributed by atoms with Crippen molar-refractivity contribution in [2.24, 2.45) is 0 Å². The zero-order chi connectivity index (χ0) is 13.2. The summed E-state index contributed by atoms with van der Waals surface area (Å²) in [6, 6.07) is 0.252. The number of aromatic nitrogens is 1. The zero-order valence-electron chi connectivity index (χ0n) is 11.6. The second-order valence-electron chi connectivity index (χ2n) is 4.97. The van der Waals surface area contributed by atoms with Crippen LogP contribution in [0.1, 0.15) is 35.0 Å². The molecule has 1 aromatic heterocycles. The van der Waals surface area contributed by atoms with Gasteiger partial charge in [0.05, 0.1) is 17.3 Å². The second kappa shape index (κ2) is 5.65. The number of methoxy groups -OCH3 is 1. The van der Waals surface area contributed by atoms with Crippen molar-refractivity contribution in [2.75, 3.05) is 26.9 Å². The van der Waals surface area contributed by atoms with E-state index in [2.05, 4.69) is 31.1 Å². The Balaban J connectivity index is 1.95. The minimum absolute atomic E-state index is 0.159. The van der Waals surface area contributed by atoms with Crippen molar-refractivity contribution < 1.29 is 9.47 Å². The monoisotopic (exact) mass is 270 g/mol. The maximum absolute atomic E-state index is 5.62. The topological polar surface area (TPSA) is 43.4 Å². The molecule has 2 heterocycles. The molecule has 4 nitrogen and oxygen atoms in total. The summed E-state index contributed by atoms with van der Waals surface area (Å²) in [5.41, 5.74) is 0.996. The van der Waals surface area contributed by atoms with Crippen molar-refractivity contribution in [3.63, 3.8) is 0 Å². The van der Waals surface area contributed by atoms with Crippen molar-refractivity contribution >= 4 is 11.3 Å².